The number of benzene rings is 2. The van der Waals surface area contributed by atoms with E-state index >= 15 is 4.39 Å². The molecule has 1 amide bonds. The summed E-state index contributed by atoms with van der Waals surface area (Å²) in [5.41, 5.74) is -0.413. The average molecular weight is 495 g/mol. The summed E-state index contributed by atoms with van der Waals surface area (Å²) in [4.78, 5) is 14.3. The van der Waals surface area contributed by atoms with E-state index in [1.54, 1.807) is 0 Å². The summed E-state index contributed by atoms with van der Waals surface area (Å²) in [6, 6.07) is 7.40. The first-order valence-electron chi connectivity index (χ1n) is 10.1. The van der Waals surface area contributed by atoms with Crippen molar-refractivity contribution in [2.75, 3.05) is 13.2 Å². The van der Waals surface area contributed by atoms with Crippen molar-refractivity contribution >= 4 is 27.3 Å². The minimum absolute atomic E-state index is 0.0421. The molecular weight excluding hydrogens is 478 g/mol. The van der Waals surface area contributed by atoms with Gasteiger partial charge in [-0.25, -0.2) is 17.2 Å². The molecule has 1 saturated heterocycles. The molecule has 0 bridgehead atoms. The van der Waals surface area contributed by atoms with Gasteiger partial charge in [0.15, 0.2) is 21.4 Å². The number of fused-ring (bicyclic) bond motifs is 3. The largest absolute Gasteiger partial charge is 0.488 e. The molecule has 1 fully saturated rings. The van der Waals surface area contributed by atoms with Gasteiger partial charge in [-0.05, 0) is 49.2 Å². The molecule has 2 aliphatic heterocycles. The molecule has 3 aromatic rings. The van der Waals surface area contributed by atoms with Crippen LogP contribution in [0.15, 0.2) is 58.1 Å². The number of rotatable bonds is 3. The Kier molecular flexibility index (Phi) is 5.17. The van der Waals surface area contributed by atoms with Crippen LogP contribution in [0.1, 0.15) is 29.0 Å². The molecule has 2 aliphatic rings. The molecule has 0 spiro atoms. The van der Waals surface area contributed by atoms with Gasteiger partial charge >= 0.3 is 0 Å². The van der Waals surface area contributed by atoms with E-state index in [1.165, 1.54) is 41.4 Å². The minimum Gasteiger partial charge on any atom is -0.488 e. The zero-order chi connectivity index (χ0) is 23.4. The van der Waals surface area contributed by atoms with Crippen LogP contribution in [0.4, 0.5) is 8.78 Å². The lowest BCUT2D eigenvalue weighted by Gasteiger charge is -2.51. The smallest absolute Gasteiger partial charge is 0.292 e. The molecule has 1 aromatic heterocycles. The molecule has 7 nitrogen and oxygen atoms in total. The van der Waals surface area contributed by atoms with E-state index in [0.29, 0.717) is 5.02 Å². The Bertz CT molecular complexity index is 1330. The Morgan fingerprint density at radius 3 is 2.55 bits per heavy atom. The van der Waals surface area contributed by atoms with E-state index in [-0.39, 0.29) is 36.6 Å². The fourth-order valence-electron chi connectivity index (χ4n) is 4.82. The highest BCUT2D eigenvalue weighted by molar-refractivity contribution is 7.92. The molecule has 2 aromatic carbocycles. The zero-order valence-corrected chi connectivity index (χ0v) is 18.6. The van der Waals surface area contributed by atoms with Crippen LogP contribution in [0.25, 0.3) is 0 Å². The van der Waals surface area contributed by atoms with Crippen molar-refractivity contribution in [3.8, 4) is 5.75 Å². The van der Waals surface area contributed by atoms with Crippen molar-refractivity contribution in [1.82, 2.24) is 10.1 Å². The number of carbonyl (C=O) groups excluding carboxylic acids is 1. The standard InChI is InChI=1S/C22H17ClF2N2O5S/c23-13-2-4-14(5-3-13)33(29,30)22-9-1-11-27(21(28)17-8-10-26-32-17)18(22)12-31-20-16(25)7-6-15(24)19(20)22/h2-8,10,18H,1,9,11-12H2/t18-,22+/m0/s1. The summed E-state index contributed by atoms with van der Waals surface area (Å²) in [6.07, 6.45) is 1.47. The monoisotopic (exact) mass is 494 g/mol. The van der Waals surface area contributed by atoms with Gasteiger partial charge in [0, 0.05) is 17.6 Å². The highest BCUT2D eigenvalue weighted by Gasteiger charge is 2.61. The molecule has 33 heavy (non-hydrogen) atoms. The number of amides is 1. The highest BCUT2D eigenvalue weighted by Crippen LogP contribution is 2.53. The van der Waals surface area contributed by atoms with Crippen LogP contribution in [0.3, 0.4) is 0 Å². The van der Waals surface area contributed by atoms with Crippen molar-refractivity contribution in [3.05, 3.63) is 76.6 Å². The summed E-state index contributed by atoms with van der Waals surface area (Å²) in [6.45, 7) is -0.169. The quantitative estimate of drug-likeness (QED) is 0.547. The maximum Gasteiger partial charge on any atom is 0.292 e. The van der Waals surface area contributed by atoms with E-state index in [0.717, 1.165) is 12.1 Å². The number of nitrogens with zero attached hydrogens (tertiary/aromatic N) is 2. The molecule has 0 saturated carbocycles. The average Bonchev–Trinajstić information content (AvgIpc) is 3.35. The van der Waals surface area contributed by atoms with Crippen LogP contribution in [-0.4, -0.2) is 43.6 Å². The first kappa shape index (κ1) is 21.8. The third kappa shape index (κ3) is 3.15. The van der Waals surface area contributed by atoms with Crippen LogP contribution >= 0.6 is 11.6 Å². The number of hydrogen-bond donors (Lipinski definition) is 0. The molecule has 0 aliphatic carbocycles. The maximum absolute atomic E-state index is 15.3. The van der Waals surface area contributed by atoms with Crippen molar-refractivity contribution in [2.24, 2.45) is 0 Å². The molecule has 5 rings (SSSR count). The Morgan fingerprint density at radius 1 is 1.12 bits per heavy atom. The number of carbonyl (C=O) groups is 1. The number of sulfone groups is 1. The summed E-state index contributed by atoms with van der Waals surface area (Å²) < 4.78 is 66.9. The number of ether oxygens (including phenoxy) is 1. The Hall–Kier alpha value is -2.98. The van der Waals surface area contributed by atoms with Crippen LogP contribution in [-0.2, 0) is 14.6 Å². The van der Waals surface area contributed by atoms with Crippen LogP contribution in [0.5, 0.6) is 5.75 Å². The Balaban J connectivity index is 1.77. The van der Waals surface area contributed by atoms with Gasteiger partial charge in [-0.3, -0.25) is 4.79 Å². The van der Waals surface area contributed by atoms with Gasteiger partial charge in [0.25, 0.3) is 5.91 Å². The van der Waals surface area contributed by atoms with Crippen molar-refractivity contribution in [2.45, 2.75) is 28.5 Å². The van der Waals surface area contributed by atoms with Gasteiger partial charge in [0.2, 0.25) is 5.76 Å². The molecule has 11 heteroatoms. The highest BCUT2D eigenvalue weighted by atomic mass is 35.5. The fraction of sp³-hybridized carbons (Fsp3) is 0.273. The second-order valence-electron chi connectivity index (χ2n) is 7.89. The molecule has 0 unspecified atom stereocenters. The van der Waals surface area contributed by atoms with Gasteiger partial charge in [-0.15, -0.1) is 0 Å². The van der Waals surface area contributed by atoms with Crippen LogP contribution in [0, 0.1) is 11.6 Å². The van der Waals surface area contributed by atoms with Crippen molar-refractivity contribution in [1.29, 1.82) is 0 Å². The van der Waals surface area contributed by atoms with E-state index in [4.69, 9.17) is 20.9 Å². The number of hydrogen-bond acceptors (Lipinski definition) is 6. The molecule has 172 valence electrons. The molecule has 0 radical (unpaired) electrons. The third-order valence-corrected chi connectivity index (χ3v) is 9.03. The maximum atomic E-state index is 15.3. The predicted octanol–water partition coefficient (Wildman–Crippen LogP) is 3.97. The topological polar surface area (TPSA) is 89.7 Å². The minimum atomic E-state index is -4.37. The van der Waals surface area contributed by atoms with Gasteiger partial charge in [0.1, 0.15) is 17.2 Å². The molecular formula is C22H17ClF2N2O5S. The van der Waals surface area contributed by atoms with Gasteiger partial charge in [0.05, 0.1) is 22.7 Å². The van der Waals surface area contributed by atoms with Gasteiger partial charge < -0.3 is 14.2 Å². The zero-order valence-electron chi connectivity index (χ0n) is 17.0. The summed E-state index contributed by atoms with van der Waals surface area (Å²) >= 11 is 5.94. The SMILES string of the molecule is O=C(c1ccno1)N1CCC[C@]2(S(=O)(=O)c3ccc(Cl)cc3)c3c(F)ccc(F)c3OC[C@H]12. The number of halogens is 3. The predicted molar refractivity (Wildman–Crippen MR) is 113 cm³/mol. The summed E-state index contributed by atoms with van der Waals surface area (Å²) in [5, 5.41) is 3.85. The Labute approximate surface area is 192 Å². The third-order valence-electron chi connectivity index (χ3n) is 6.24. The van der Waals surface area contributed by atoms with E-state index in [1.807, 2.05) is 0 Å². The second-order valence-corrected chi connectivity index (χ2v) is 10.5. The first-order chi connectivity index (χ1) is 15.8. The normalized spacial score (nSPS) is 22.3. The van der Waals surface area contributed by atoms with E-state index < -0.39 is 49.5 Å². The number of likely N-dealkylation sites (tertiary alicyclic amines) is 1. The lowest BCUT2D eigenvalue weighted by atomic mass is 9.80. The fourth-order valence-corrected chi connectivity index (χ4v) is 7.28. The lowest BCUT2D eigenvalue weighted by molar-refractivity contribution is 0.0287. The van der Waals surface area contributed by atoms with Gasteiger partial charge in [-0.2, -0.15) is 0 Å². The molecule has 2 atom stereocenters. The lowest BCUT2D eigenvalue weighted by Crippen LogP contribution is -2.64. The van der Waals surface area contributed by atoms with E-state index in [2.05, 4.69) is 5.16 Å². The number of aromatic nitrogens is 1. The van der Waals surface area contributed by atoms with Crippen LogP contribution < -0.4 is 4.74 Å². The van der Waals surface area contributed by atoms with E-state index in [9.17, 15) is 17.6 Å². The van der Waals surface area contributed by atoms with Crippen LogP contribution in [0.2, 0.25) is 5.02 Å². The number of piperidine rings is 1. The second kappa shape index (κ2) is 7.81. The van der Waals surface area contributed by atoms with Crippen molar-refractivity contribution < 1.29 is 31.3 Å². The Morgan fingerprint density at radius 2 is 1.85 bits per heavy atom. The van der Waals surface area contributed by atoms with Gasteiger partial charge in [-0.1, -0.05) is 16.8 Å². The summed E-state index contributed by atoms with van der Waals surface area (Å²) in [7, 11) is -4.37. The van der Waals surface area contributed by atoms with Crippen molar-refractivity contribution in [3.63, 3.8) is 0 Å². The molecule has 0 N–H and O–H groups in total. The first-order valence-corrected chi connectivity index (χ1v) is 12.0. The summed E-state index contributed by atoms with van der Waals surface area (Å²) in [5.74, 6) is -2.98. The molecule has 3 heterocycles.